The van der Waals surface area contributed by atoms with Gasteiger partial charge in [-0.15, -0.1) is 0 Å². The molecule has 0 aliphatic heterocycles. The normalized spacial score (nSPS) is 15.5. The number of aromatic nitrogens is 1. The first-order valence-electron chi connectivity index (χ1n) is 10.6. The quantitative estimate of drug-likeness (QED) is 0.518. The predicted octanol–water partition coefficient (Wildman–Crippen LogP) is 4.54. The Labute approximate surface area is 187 Å². The minimum Gasteiger partial charge on any atom is -0.485 e. The zero-order chi connectivity index (χ0) is 22.7. The van der Waals surface area contributed by atoms with Gasteiger partial charge in [0.15, 0.2) is 0 Å². The van der Waals surface area contributed by atoms with Crippen molar-refractivity contribution >= 4 is 32.6 Å². The number of ether oxygens (including phenoxy) is 1. The van der Waals surface area contributed by atoms with E-state index in [4.69, 9.17) is 4.74 Å². The van der Waals surface area contributed by atoms with Gasteiger partial charge in [-0.3, -0.25) is 9.52 Å². The van der Waals surface area contributed by atoms with Gasteiger partial charge in [-0.25, -0.2) is 13.4 Å². The van der Waals surface area contributed by atoms with Crippen molar-refractivity contribution in [1.82, 2.24) is 4.98 Å². The summed E-state index contributed by atoms with van der Waals surface area (Å²) in [6, 6.07) is 16.5. The molecule has 8 heteroatoms. The van der Waals surface area contributed by atoms with Crippen LogP contribution < -0.4 is 9.46 Å². The number of rotatable bonds is 8. The predicted molar refractivity (Wildman–Crippen MR) is 123 cm³/mol. The second-order valence-electron chi connectivity index (χ2n) is 8.27. The highest BCUT2D eigenvalue weighted by Crippen LogP contribution is 2.40. The number of fused-ring (bicyclic) bond motifs is 1. The molecule has 1 saturated carbocycles. The molecule has 2 aromatic carbocycles. The highest BCUT2D eigenvalue weighted by molar-refractivity contribution is 7.92. The Bertz CT molecular complexity index is 1240. The monoisotopic (exact) mass is 454 g/mol. The molecule has 7 nitrogen and oxygen atoms in total. The van der Waals surface area contributed by atoms with E-state index in [-0.39, 0.29) is 18.2 Å². The highest BCUT2D eigenvalue weighted by atomic mass is 32.2. The molecule has 4 rings (SSSR count). The van der Waals surface area contributed by atoms with Crippen molar-refractivity contribution in [3.05, 3.63) is 65.9 Å². The second-order valence-corrected chi connectivity index (χ2v) is 10.0. The summed E-state index contributed by atoms with van der Waals surface area (Å²) in [6.45, 7) is 0.146. The van der Waals surface area contributed by atoms with E-state index in [0.29, 0.717) is 17.0 Å². The zero-order valence-corrected chi connectivity index (χ0v) is 18.6. The first-order valence-corrected chi connectivity index (χ1v) is 12.5. The van der Waals surface area contributed by atoms with Gasteiger partial charge in [0.2, 0.25) is 10.0 Å². The maximum Gasteiger partial charge on any atom is 0.311 e. The molecule has 0 saturated heterocycles. The molecular formula is C24H26N2O5S. The molecule has 1 fully saturated rings. The molecule has 3 aromatic rings. The van der Waals surface area contributed by atoms with Crippen LogP contribution >= 0.6 is 0 Å². The van der Waals surface area contributed by atoms with E-state index in [1.54, 1.807) is 18.2 Å². The summed E-state index contributed by atoms with van der Waals surface area (Å²) >= 11 is 0. The molecule has 168 valence electrons. The largest absolute Gasteiger partial charge is 0.485 e. The Hall–Kier alpha value is -3.13. The van der Waals surface area contributed by atoms with Crippen LogP contribution in [0.3, 0.4) is 0 Å². The number of aliphatic carboxylic acids is 1. The van der Waals surface area contributed by atoms with E-state index < -0.39 is 21.9 Å². The maximum atomic E-state index is 12.0. The van der Waals surface area contributed by atoms with Gasteiger partial charge >= 0.3 is 5.97 Å². The number of para-hydroxylation sites is 1. The Morgan fingerprint density at radius 3 is 2.62 bits per heavy atom. The van der Waals surface area contributed by atoms with Crippen LogP contribution in [0.25, 0.3) is 10.9 Å². The van der Waals surface area contributed by atoms with E-state index in [0.717, 1.165) is 42.8 Å². The molecule has 0 spiro atoms. The molecule has 1 aliphatic rings. The Kier molecular flexibility index (Phi) is 6.32. The third-order valence-corrected chi connectivity index (χ3v) is 6.42. The Morgan fingerprint density at radius 1 is 1.16 bits per heavy atom. The van der Waals surface area contributed by atoms with Crippen LogP contribution in [0.2, 0.25) is 0 Å². The van der Waals surface area contributed by atoms with Crippen molar-refractivity contribution in [3.63, 3.8) is 0 Å². The number of carbonyl (C=O) groups is 1. The fourth-order valence-electron chi connectivity index (χ4n) is 4.39. The third-order valence-electron chi connectivity index (χ3n) is 5.83. The number of pyridine rings is 1. The summed E-state index contributed by atoms with van der Waals surface area (Å²) in [5, 5.41) is 10.9. The van der Waals surface area contributed by atoms with Crippen molar-refractivity contribution in [1.29, 1.82) is 0 Å². The molecule has 1 heterocycles. The summed E-state index contributed by atoms with van der Waals surface area (Å²) in [5.74, 6) is -1.19. The summed E-state index contributed by atoms with van der Waals surface area (Å²) < 4.78 is 32.3. The van der Waals surface area contributed by atoms with Crippen LogP contribution in [0.1, 0.15) is 42.9 Å². The number of anilines is 1. The van der Waals surface area contributed by atoms with Crippen LogP contribution in [0.4, 0.5) is 5.69 Å². The molecule has 1 aromatic heterocycles. The molecule has 1 aliphatic carbocycles. The van der Waals surface area contributed by atoms with E-state index in [1.807, 2.05) is 36.4 Å². The Morgan fingerprint density at radius 2 is 1.91 bits per heavy atom. The van der Waals surface area contributed by atoms with Crippen molar-refractivity contribution in [3.8, 4) is 5.75 Å². The smallest absolute Gasteiger partial charge is 0.311 e. The van der Waals surface area contributed by atoms with Crippen LogP contribution in [-0.2, 0) is 21.4 Å². The van der Waals surface area contributed by atoms with Gasteiger partial charge in [-0.1, -0.05) is 43.2 Å². The summed E-state index contributed by atoms with van der Waals surface area (Å²) in [6.07, 6.45) is 4.81. The SMILES string of the molecule is CS(=O)(=O)Nc1cc(C(C(=O)O)C2CCCC2)ccc1OCc1ccc2ccccc2n1. The second kappa shape index (κ2) is 9.16. The fourth-order valence-corrected chi connectivity index (χ4v) is 4.95. The first kappa shape index (κ1) is 22.1. The lowest BCUT2D eigenvalue weighted by molar-refractivity contribution is -0.140. The van der Waals surface area contributed by atoms with E-state index in [9.17, 15) is 18.3 Å². The fraction of sp³-hybridized carbons (Fsp3) is 0.333. The van der Waals surface area contributed by atoms with Crippen molar-refractivity contribution in [2.45, 2.75) is 38.2 Å². The lowest BCUT2D eigenvalue weighted by Gasteiger charge is -2.21. The summed E-state index contributed by atoms with van der Waals surface area (Å²) in [4.78, 5) is 16.6. The van der Waals surface area contributed by atoms with Crippen molar-refractivity contribution < 1.29 is 23.1 Å². The van der Waals surface area contributed by atoms with Crippen LogP contribution in [0, 0.1) is 5.92 Å². The molecule has 32 heavy (non-hydrogen) atoms. The van der Waals surface area contributed by atoms with Gasteiger partial charge in [0.05, 0.1) is 29.1 Å². The number of benzene rings is 2. The first-order chi connectivity index (χ1) is 15.3. The van der Waals surface area contributed by atoms with Gasteiger partial charge < -0.3 is 9.84 Å². The van der Waals surface area contributed by atoms with Gasteiger partial charge in [0.25, 0.3) is 0 Å². The van der Waals surface area contributed by atoms with Crippen LogP contribution in [0.5, 0.6) is 5.75 Å². The number of nitrogens with one attached hydrogen (secondary N) is 1. The van der Waals surface area contributed by atoms with Gasteiger partial charge in [-0.2, -0.15) is 0 Å². The molecule has 1 atom stereocenters. The molecule has 0 bridgehead atoms. The Balaban J connectivity index is 1.62. The third kappa shape index (κ3) is 5.19. The number of nitrogens with zero attached hydrogens (tertiary/aromatic N) is 1. The van der Waals surface area contributed by atoms with Gasteiger partial charge in [0.1, 0.15) is 12.4 Å². The van der Waals surface area contributed by atoms with Gasteiger partial charge in [-0.05, 0) is 48.6 Å². The van der Waals surface area contributed by atoms with E-state index in [2.05, 4.69) is 9.71 Å². The summed E-state index contributed by atoms with van der Waals surface area (Å²) in [5.41, 5.74) is 2.36. The van der Waals surface area contributed by atoms with Crippen LogP contribution in [0.15, 0.2) is 54.6 Å². The minimum absolute atomic E-state index is 0.0483. The summed E-state index contributed by atoms with van der Waals surface area (Å²) in [7, 11) is -3.59. The average molecular weight is 455 g/mol. The number of carboxylic acids is 1. The van der Waals surface area contributed by atoms with Crippen LogP contribution in [-0.4, -0.2) is 30.7 Å². The average Bonchev–Trinajstić information content (AvgIpc) is 3.26. The molecule has 0 radical (unpaired) electrons. The van der Waals surface area contributed by atoms with Crippen molar-refractivity contribution in [2.24, 2.45) is 5.92 Å². The zero-order valence-electron chi connectivity index (χ0n) is 17.8. The molecule has 0 amide bonds. The number of hydrogen-bond donors (Lipinski definition) is 2. The maximum absolute atomic E-state index is 12.0. The lowest BCUT2D eigenvalue weighted by Crippen LogP contribution is -2.20. The lowest BCUT2D eigenvalue weighted by atomic mass is 9.84. The molecular weight excluding hydrogens is 428 g/mol. The number of carboxylic acid groups (broad SMARTS) is 1. The van der Waals surface area contributed by atoms with Gasteiger partial charge in [0, 0.05) is 5.39 Å². The number of sulfonamides is 1. The minimum atomic E-state index is -3.59. The standard InChI is InChI=1S/C24H26N2O5S/c1-32(29,30)26-21-14-18(23(24(27)28)17-7-2-3-8-17)11-13-22(21)31-15-19-12-10-16-6-4-5-9-20(16)25-19/h4-6,9-14,17,23,26H,2-3,7-8,15H2,1H3,(H,27,28). The molecule has 1 unspecified atom stereocenters. The van der Waals surface area contributed by atoms with E-state index in [1.165, 1.54) is 0 Å². The molecule has 2 N–H and O–H groups in total. The number of hydrogen-bond acceptors (Lipinski definition) is 5. The highest BCUT2D eigenvalue weighted by Gasteiger charge is 2.32. The topological polar surface area (TPSA) is 106 Å². The van der Waals surface area contributed by atoms with E-state index >= 15 is 0 Å². The van der Waals surface area contributed by atoms with Crippen molar-refractivity contribution in [2.75, 3.05) is 11.0 Å².